The van der Waals surface area contributed by atoms with Gasteiger partial charge in [0, 0.05) is 23.2 Å². The van der Waals surface area contributed by atoms with Gasteiger partial charge in [-0.1, -0.05) is 0 Å². The molecule has 0 bridgehead atoms. The first-order valence-corrected chi connectivity index (χ1v) is 7.79. The number of hydrogen-bond acceptors (Lipinski definition) is 4. The predicted molar refractivity (Wildman–Crippen MR) is 85.6 cm³/mol. The van der Waals surface area contributed by atoms with E-state index >= 15 is 0 Å². The number of thiophene rings is 1. The standard InChI is InChI=1S/C14H13BrN4S/c15-13-3-2-11(20-13)5-6-19-9-17-8-12(19)10-1-4-14(16)18-7-10/h1-4,7-9H,5-6H2,(H2,16,18). The number of rotatable bonds is 4. The zero-order chi connectivity index (χ0) is 13.9. The second-order valence-electron chi connectivity index (χ2n) is 4.40. The molecule has 0 saturated carbocycles. The largest absolute Gasteiger partial charge is 0.384 e. The molecule has 0 aliphatic rings. The highest BCUT2D eigenvalue weighted by Gasteiger charge is 2.06. The van der Waals surface area contributed by atoms with Crippen molar-refractivity contribution in [3.63, 3.8) is 0 Å². The van der Waals surface area contributed by atoms with Crippen molar-refractivity contribution in [1.82, 2.24) is 14.5 Å². The van der Waals surface area contributed by atoms with Crippen LogP contribution in [0.25, 0.3) is 11.3 Å². The molecular formula is C14H13BrN4S. The van der Waals surface area contributed by atoms with Gasteiger partial charge in [-0.3, -0.25) is 0 Å². The molecule has 102 valence electrons. The smallest absolute Gasteiger partial charge is 0.123 e. The third-order valence-electron chi connectivity index (χ3n) is 3.02. The molecule has 0 aliphatic heterocycles. The zero-order valence-electron chi connectivity index (χ0n) is 10.7. The first-order chi connectivity index (χ1) is 9.72. The fourth-order valence-corrected chi connectivity index (χ4v) is 3.48. The maximum atomic E-state index is 5.62. The van der Waals surface area contributed by atoms with Crippen molar-refractivity contribution in [3.8, 4) is 11.3 Å². The Morgan fingerprint density at radius 1 is 1.20 bits per heavy atom. The average Bonchev–Trinajstić information content (AvgIpc) is 3.06. The van der Waals surface area contributed by atoms with Crippen molar-refractivity contribution >= 4 is 33.1 Å². The Labute approximate surface area is 129 Å². The van der Waals surface area contributed by atoms with E-state index < -0.39 is 0 Å². The Hall–Kier alpha value is -1.66. The Morgan fingerprint density at radius 3 is 2.80 bits per heavy atom. The maximum Gasteiger partial charge on any atom is 0.123 e. The topological polar surface area (TPSA) is 56.7 Å². The molecule has 0 spiro atoms. The van der Waals surface area contributed by atoms with E-state index in [9.17, 15) is 0 Å². The monoisotopic (exact) mass is 348 g/mol. The molecule has 0 fully saturated rings. The van der Waals surface area contributed by atoms with Gasteiger partial charge in [0.15, 0.2) is 0 Å². The van der Waals surface area contributed by atoms with Gasteiger partial charge in [-0.05, 0) is 46.6 Å². The van der Waals surface area contributed by atoms with Gasteiger partial charge in [0.05, 0.1) is 22.0 Å². The summed E-state index contributed by atoms with van der Waals surface area (Å²) in [5, 5.41) is 0. The minimum atomic E-state index is 0.531. The number of nitrogen functional groups attached to an aromatic ring is 1. The van der Waals surface area contributed by atoms with Gasteiger partial charge >= 0.3 is 0 Å². The first kappa shape index (κ1) is 13.3. The molecule has 0 amide bonds. The van der Waals surface area contributed by atoms with Crippen molar-refractivity contribution in [3.05, 3.63) is 51.7 Å². The molecule has 0 aliphatic carbocycles. The molecular weight excluding hydrogens is 336 g/mol. The first-order valence-electron chi connectivity index (χ1n) is 6.18. The summed E-state index contributed by atoms with van der Waals surface area (Å²) in [6.45, 7) is 0.895. The lowest BCUT2D eigenvalue weighted by atomic mass is 10.2. The van der Waals surface area contributed by atoms with E-state index in [-0.39, 0.29) is 0 Å². The average molecular weight is 349 g/mol. The molecule has 3 aromatic rings. The van der Waals surface area contributed by atoms with Crippen LogP contribution >= 0.6 is 27.3 Å². The Morgan fingerprint density at radius 2 is 2.10 bits per heavy atom. The van der Waals surface area contributed by atoms with Crippen molar-refractivity contribution in [1.29, 1.82) is 0 Å². The number of nitrogens with two attached hydrogens (primary N) is 1. The molecule has 6 heteroatoms. The van der Waals surface area contributed by atoms with Crippen LogP contribution in [0.3, 0.4) is 0 Å². The van der Waals surface area contributed by atoms with Crippen molar-refractivity contribution in [2.75, 3.05) is 5.73 Å². The van der Waals surface area contributed by atoms with Gasteiger partial charge in [-0.15, -0.1) is 11.3 Å². The number of nitrogens with zero attached hydrogens (tertiary/aromatic N) is 3. The van der Waals surface area contributed by atoms with Crippen LogP contribution in [0, 0.1) is 0 Å². The molecule has 0 saturated heterocycles. The van der Waals surface area contributed by atoms with E-state index in [1.54, 1.807) is 17.5 Å². The number of anilines is 1. The highest BCUT2D eigenvalue weighted by Crippen LogP contribution is 2.24. The van der Waals surface area contributed by atoms with Gasteiger partial charge in [0.2, 0.25) is 0 Å². The summed E-state index contributed by atoms with van der Waals surface area (Å²) in [6.07, 6.45) is 6.48. The molecule has 3 heterocycles. The van der Waals surface area contributed by atoms with Crippen molar-refractivity contribution < 1.29 is 0 Å². The predicted octanol–water partition coefficient (Wildman–Crippen LogP) is 3.59. The highest BCUT2D eigenvalue weighted by atomic mass is 79.9. The van der Waals surface area contributed by atoms with E-state index in [4.69, 9.17) is 5.73 Å². The summed E-state index contributed by atoms with van der Waals surface area (Å²) in [4.78, 5) is 9.72. The Balaban J connectivity index is 1.78. The quantitative estimate of drug-likeness (QED) is 0.783. The lowest BCUT2D eigenvalue weighted by Crippen LogP contribution is -2.01. The van der Waals surface area contributed by atoms with Crippen LogP contribution < -0.4 is 5.73 Å². The molecule has 0 atom stereocenters. The SMILES string of the molecule is Nc1ccc(-c2cncn2CCc2ccc(Br)s2)cn1. The van der Waals surface area contributed by atoms with Crippen LogP contribution in [-0.4, -0.2) is 14.5 Å². The third kappa shape index (κ3) is 2.91. The van der Waals surface area contributed by atoms with Gasteiger partial charge < -0.3 is 10.3 Å². The summed E-state index contributed by atoms with van der Waals surface area (Å²) >= 11 is 5.26. The second-order valence-corrected chi connectivity index (χ2v) is 6.95. The Kier molecular flexibility index (Phi) is 3.84. The van der Waals surface area contributed by atoms with Gasteiger partial charge in [-0.2, -0.15) is 0 Å². The van der Waals surface area contributed by atoms with Crippen LogP contribution in [0.15, 0.2) is 46.8 Å². The molecule has 4 nitrogen and oxygen atoms in total. The van der Waals surface area contributed by atoms with E-state index in [0.29, 0.717) is 5.82 Å². The zero-order valence-corrected chi connectivity index (χ0v) is 13.1. The molecule has 2 N–H and O–H groups in total. The number of aromatic nitrogens is 3. The normalized spacial score (nSPS) is 10.8. The van der Waals surface area contributed by atoms with Crippen LogP contribution in [0.1, 0.15) is 4.88 Å². The number of hydrogen-bond donors (Lipinski definition) is 1. The fraction of sp³-hybridized carbons (Fsp3) is 0.143. The summed E-state index contributed by atoms with van der Waals surface area (Å²) in [6, 6.07) is 8.01. The third-order valence-corrected chi connectivity index (χ3v) is 4.71. The van der Waals surface area contributed by atoms with Crippen molar-refractivity contribution in [2.45, 2.75) is 13.0 Å². The number of imidazole rings is 1. The highest BCUT2D eigenvalue weighted by molar-refractivity contribution is 9.11. The van der Waals surface area contributed by atoms with E-state index in [2.05, 4.69) is 42.6 Å². The number of pyridine rings is 1. The van der Waals surface area contributed by atoms with E-state index in [1.165, 1.54) is 8.66 Å². The summed E-state index contributed by atoms with van der Waals surface area (Å²) in [5.74, 6) is 0.531. The van der Waals surface area contributed by atoms with Gasteiger partial charge in [0.25, 0.3) is 0 Å². The molecule has 20 heavy (non-hydrogen) atoms. The van der Waals surface area contributed by atoms with Gasteiger partial charge in [0.1, 0.15) is 5.82 Å². The fourth-order valence-electron chi connectivity index (χ4n) is 2.01. The molecule has 0 aromatic carbocycles. The van der Waals surface area contributed by atoms with E-state index in [0.717, 1.165) is 24.2 Å². The lowest BCUT2D eigenvalue weighted by molar-refractivity contribution is 0.707. The van der Waals surface area contributed by atoms with Crippen LogP contribution in [0.4, 0.5) is 5.82 Å². The lowest BCUT2D eigenvalue weighted by Gasteiger charge is -2.07. The summed E-state index contributed by atoms with van der Waals surface area (Å²) in [5.41, 5.74) is 7.71. The molecule has 3 rings (SSSR count). The van der Waals surface area contributed by atoms with Gasteiger partial charge in [-0.25, -0.2) is 9.97 Å². The van der Waals surface area contributed by atoms with Crippen LogP contribution in [-0.2, 0) is 13.0 Å². The number of aryl methyl sites for hydroxylation is 2. The Bertz CT molecular complexity index is 702. The maximum absolute atomic E-state index is 5.62. The second kappa shape index (κ2) is 5.76. The molecule has 0 unspecified atom stereocenters. The van der Waals surface area contributed by atoms with Crippen LogP contribution in [0.5, 0.6) is 0 Å². The minimum absolute atomic E-state index is 0.531. The number of halogens is 1. The van der Waals surface area contributed by atoms with E-state index in [1.807, 2.05) is 24.7 Å². The molecule has 0 radical (unpaired) electrons. The minimum Gasteiger partial charge on any atom is -0.384 e. The van der Waals surface area contributed by atoms with Crippen molar-refractivity contribution in [2.24, 2.45) is 0 Å². The summed E-state index contributed by atoms with van der Waals surface area (Å²) < 4.78 is 3.31. The van der Waals surface area contributed by atoms with Crippen LogP contribution in [0.2, 0.25) is 0 Å². The molecule has 3 aromatic heterocycles. The summed E-state index contributed by atoms with van der Waals surface area (Å²) in [7, 11) is 0.